The lowest BCUT2D eigenvalue weighted by atomic mass is 9.84. The van der Waals surface area contributed by atoms with Crippen LogP contribution in [0, 0.1) is 8.99 Å². The van der Waals surface area contributed by atoms with Crippen LogP contribution in [0.3, 0.4) is 0 Å². The molecule has 1 saturated heterocycles. The average molecular weight is 452 g/mol. The van der Waals surface area contributed by atoms with E-state index in [9.17, 15) is 14.7 Å². The van der Waals surface area contributed by atoms with Crippen LogP contribution in [0.25, 0.3) is 0 Å². The van der Waals surface area contributed by atoms with Crippen LogP contribution in [-0.2, 0) is 4.79 Å². The predicted octanol–water partition coefficient (Wildman–Crippen LogP) is 3.38. The van der Waals surface area contributed by atoms with Crippen LogP contribution in [0.2, 0.25) is 0 Å². The molecule has 1 fully saturated rings. The van der Waals surface area contributed by atoms with Crippen molar-refractivity contribution in [3.8, 4) is 0 Å². The first-order chi connectivity index (χ1) is 9.39. The minimum atomic E-state index is -0.808. The van der Waals surface area contributed by atoms with Gasteiger partial charge in [0, 0.05) is 21.1 Å². The average Bonchev–Trinajstić information content (AvgIpc) is 2.86. The number of rotatable bonds is 3. The van der Waals surface area contributed by atoms with Crippen molar-refractivity contribution in [1.29, 1.82) is 0 Å². The summed E-state index contributed by atoms with van der Waals surface area (Å²) in [6, 6.07) is 5.58. The molecule has 1 N–H and O–H groups in total. The maximum Gasteiger partial charge on any atom is 0.311 e. The number of aliphatic carboxylic acids is 1. The van der Waals surface area contributed by atoms with Crippen molar-refractivity contribution < 1.29 is 14.7 Å². The predicted molar refractivity (Wildman–Crippen MR) is 87.7 cm³/mol. The lowest BCUT2D eigenvalue weighted by Crippen LogP contribution is -2.36. The Balaban J connectivity index is 2.24. The van der Waals surface area contributed by atoms with Gasteiger partial charge in [-0.3, -0.25) is 9.59 Å². The smallest absolute Gasteiger partial charge is 0.311 e. The Hall–Kier alpha value is -0.630. The summed E-state index contributed by atoms with van der Waals surface area (Å²) in [5, 5.41) is 9.38. The molecule has 1 aromatic rings. The van der Waals surface area contributed by atoms with E-state index < -0.39 is 11.4 Å². The highest BCUT2D eigenvalue weighted by Gasteiger charge is 2.45. The van der Waals surface area contributed by atoms with Gasteiger partial charge in [0.15, 0.2) is 0 Å². The second-order valence-corrected chi connectivity index (χ2v) is 7.14. The molecule has 1 atom stereocenters. The van der Waals surface area contributed by atoms with Crippen LogP contribution in [0.15, 0.2) is 22.7 Å². The standard InChI is InChI=1S/C14H15BrINO3/c1-2-14(13(19)20)5-6-17(8-14)12(18)10-7-9(16)3-4-11(10)15/h3-4,7H,2,5-6,8H2,1H3,(H,19,20). The first-order valence-electron chi connectivity index (χ1n) is 6.37. The fraction of sp³-hybridized carbons (Fsp3) is 0.429. The Kier molecular flexibility index (Phi) is 4.73. The van der Waals surface area contributed by atoms with Crippen LogP contribution < -0.4 is 0 Å². The van der Waals surface area contributed by atoms with Crippen molar-refractivity contribution in [2.24, 2.45) is 5.41 Å². The Morgan fingerprint density at radius 2 is 2.20 bits per heavy atom. The normalized spacial score (nSPS) is 22.1. The highest BCUT2D eigenvalue weighted by atomic mass is 127. The van der Waals surface area contributed by atoms with Gasteiger partial charge < -0.3 is 10.0 Å². The molecule has 0 aliphatic carbocycles. The van der Waals surface area contributed by atoms with Gasteiger partial charge in [0.05, 0.1) is 11.0 Å². The van der Waals surface area contributed by atoms with Crippen LogP contribution in [-0.4, -0.2) is 35.0 Å². The molecule has 1 unspecified atom stereocenters. The van der Waals surface area contributed by atoms with E-state index in [1.807, 2.05) is 25.1 Å². The summed E-state index contributed by atoms with van der Waals surface area (Å²) in [4.78, 5) is 25.6. The second-order valence-electron chi connectivity index (χ2n) is 5.04. The largest absolute Gasteiger partial charge is 0.481 e. The summed E-state index contributed by atoms with van der Waals surface area (Å²) in [5.41, 5.74) is -0.196. The van der Waals surface area contributed by atoms with Crippen molar-refractivity contribution in [2.75, 3.05) is 13.1 Å². The van der Waals surface area contributed by atoms with Gasteiger partial charge in [-0.15, -0.1) is 0 Å². The summed E-state index contributed by atoms with van der Waals surface area (Å²) in [6.45, 7) is 2.65. The van der Waals surface area contributed by atoms with Gasteiger partial charge in [-0.2, -0.15) is 0 Å². The third-order valence-electron chi connectivity index (χ3n) is 3.93. The van der Waals surface area contributed by atoms with Crippen LogP contribution in [0.5, 0.6) is 0 Å². The number of carbonyl (C=O) groups is 2. The summed E-state index contributed by atoms with van der Waals surface area (Å²) >= 11 is 5.54. The Morgan fingerprint density at radius 3 is 2.75 bits per heavy atom. The Morgan fingerprint density at radius 1 is 1.50 bits per heavy atom. The van der Waals surface area contributed by atoms with E-state index in [4.69, 9.17) is 0 Å². The fourth-order valence-electron chi connectivity index (χ4n) is 2.49. The molecule has 6 heteroatoms. The molecule has 4 nitrogen and oxygen atoms in total. The van der Waals surface area contributed by atoms with Crippen molar-refractivity contribution in [2.45, 2.75) is 19.8 Å². The second kappa shape index (κ2) is 6.01. The highest BCUT2D eigenvalue weighted by molar-refractivity contribution is 14.1. The lowest BCUT2D eigenvalue weighted by Gasteiger charge is -2.23. The number of hydrogen-bond acceptors (Lipinski definition) is 2. The molecule has 1 heterocycles. The molecule has 1 aliphatic rings. The number of carbonyl (C=O) groups excluding carboxylic acids is 1. The topological polar surface area (TPSA) is 57.6 Å². The third-order valence-corrected chi connectivity index (χ3v) is 5.29. The molecule has 1 amide bonds. The van der Waals surface area contributed by atoms with Gasteiger partial charge in [0.2, 0.25) is 0 Å². The SMILES string of the molecule is CCC1(C(=O)O)CCN(C(=O)c2cc(I)ccc2Br)C1. The zero-order chi connectivity index (χ0) is 14.9. The first kappa shape index (κ1) is 15.8. The van der Waals surface area contributed by atoms with E-state index in [0.717, 1.165) is 8.04 Å². The van der Waals surface area contributed by atoms with E-state index in [0.29, 0.717) is 24.9 Å². The molecule has 0 spiro atoms. The van der Waals surface area contributed by atoms with E-state index >= 15 is 0 Å². The molecule has 1 aliphatic heterocycles. The van der Waals surface area contributed by atoms with Crippen molar-refractivity contribution in [3.05, 3.63) is 31.8 Å². The number of likely N-dealkylation sites (tertiary alicyclic amines) is 1. The maximum atomic E-state index is 12.5. The molecule has 108 valence electrons. The number of hydrogen-bond donors (Lipinski definition) is 1. The molecule has 1 aromatic carbocycles. The summed E-state index contributed by atoms with van der Waals surface area (Å²) < 4.78 is 1.72. The molecular formula is C14H15BrINO3. The number of benzene rings is 1. The van der Waals surface area contributed by atoms with Gasteiger partial charge in [0.25, 0.3) is 5.91 Å². The van der Waals surface area contributed by atoms with Gasteiger partial charge in [-0.1, -0.05) is 6.92 Å². The molecule has 0 radical (unpaired) electrons. The van der Waals surface area contributed by atoms with Gasteiger partial charge in [-0.05, 0) is 69.6 Å². The van der Waals surface area contributed by atoms with Crippen LogP contribution >= 0.6 is 38.5 Å². The van der Waals surface area contributed by atoms with Crippen LogP contribution in [0.4, 0.5) is 0 Å². The minimum absolute atomic E-state index is 0.105. The van der Waals surface area contributed by atoms with Gasteiger partial charge in [-0.25, -0.2) is 0 Å². The van der Waals surface area contributed by atoms with Gasteiger partial charge in [0.1, 0.15) is 0 Å². The minimum Gasteiger partial charge on any atom is -0.481 e. The van der Waals surface area contributed by atoms with Crippen LogP contribution in [0.1, 0.15) is 30.1 Å². The molecule has 0 saturated carbocycles. The summed E-state index contributed by atoms with van der Waals surface area (Å²) in [6.07, 6.45) is 1.06. The number of halogens is 2. The number of carboxylic acids is 1. The third kappa shape index (κ3) is 2.86. The number of carboxylic acid groups (broad SMARTS) is 1. The number of amides is 1. The monoisotopic (exact) mass is 451 g/mol. The van der Waals surface area contributed by atoms with E-state index in [1.165, 1.54) is 0 Å². The fourth-order valence-corrected chi connectivity index (χ4v) is 3.40. The lowest BCUT2D eigenvalue weighted by molar-refractivity contribution is -0.148. The Labute approximate surface area is 139 Å². The van der Waals surface area contributed by atoms with E-state index in [-0.39, 0.29) is 12.5 Å². The maximum absolute atomic E-state index is 12.5. The molecular weight excluding hydrogens is 437 g/mol. The quantitative estimate of drug-likeness (QED) is 0.716. The van der Waals surface area contributed by atoms with Crippen molar-refractivity contribution >= 4 is 50.4 Å². The van der Waals surface area contributed by atoms with Crippen molar-refractivity contribution in [1.82, 2.24) is 4.90 Å². The zero-order valence-electron chi connectivity index (χ0n) is 11.0. The molecule has 2 rings (SSSR count). The Bertz CT molecular complexity index is 563. The van der Waals surface area contributed by atoms with Gasteiger partial charge >= 0.3 is 5.97 Å². The molecule has 0 aromatic heterocycles. The zero-order valence-corrected chi connectivity index (χ0v) is 14.8. The van der Waals surface area contributed by atoms with Crippen molar-refractivity contribution in [3.63, 3.8) is 0 Å². The molecule has 20 heavy (non-hydrogen) atoms. The van der Waals surface area contributed by atoms with E-state index in [2.05, 4.69) is 38.5 Å². The highest BCUT2D eigenvalue weighted by Crippen LogP contribution is 2.35. The summed E-state index contributed by atoms with van der Waals surface area (Å²) in [5.74, 6) is -0.913. The molecule has 0 bridgehead atoms. The number of nitrogens with zero attached hydrogens (tertiary/aromatic N) is 1. The first-order valence-corrected chi connectivity index (χ1v) is 8.24. The van der Waals surface area contributed by atoms with E-state index in [1.54, 1.807) is 4.90 Å². The summed E-state index contributed by atoms with van der Waals surface area (Å²) in [7, 11) is 0.